The summed E-state index contributed by atoms with van der Waals surface area (Å²) in [5.41, 5.74) is 6.26. The largest absolute Gasteiger partial charge is 0.316 e. The molecule has 2 atom stereocenters. The van der Waals surface area contributed by atoms with Crippen LogP contribution < -0.4 is 5.73 Å². The molecule has 0 amide bonds. The number of thioether (sulfide) groups is 2. The number of hydrogen-bond acceptors (Lipinski definition) is 3. The van der Waals surface area contributed by atoms with Gasteiger partial charge in [-0.1, -0.05) is 13.8 Å². The van der Waals surface area contributed by atoms with Crippen molar-refractivity contribution in [3.63, 3.8) is 0 Å². The fraction of sp³-hybridized carbons (Fsp3) is 1.00. The topological polar surface area (TPSA) is 26.0 Å². The molecule has 1 fully saturated rings. The first-order chi connectivity index (χ1) is 5.23. The van der Waals surface area contributed by atoms with Gasteiger partial charge in [-0.25, -0.2) is 0 Å². The highest BCUT2D eigenvalue weighted by Gasteiger charge is 2.35. The summed E-state index contributed by atoms with van der Waals surface area (Å²) in [4.78, 5) is 0.0671. The van der Waals surface area contributed by atoms with E-state index in [-0.39, 0.29) is 4.87 Å². The molecule has 0 aromatic rings. The smallest absolute Gasteiger partial charge is 0.0737 e. The summed E-state index contributed by atoms with van der Waals surface area (Å²) in [6.45, 7) is 4.43. The highest BCUT2D eigenvalue weighted by Crippen LogP contribution is 2.40. The zero-order chi connectivity index (χ0) is 8.32. The van der Waals surface area contributed by atoms with E-state index in [1.807, 2.05) is 23.5 Å². The Morgan fingerprint density at radius 1 is 1.45 bits per heavy atom. The first kappa shape index (κ1) is 9.75. The molecule has 3 heteroatoms. The van der Waals surface area contributed by atoms with Crippen molar-refractivity contribution in [3.8, 4) is 0 Å². The summed E-state index contributed by atoms with van der Waals surface area (Å²) in [6, 6.07) is 0. The lowest BCUT2D eigenvalue weighted by Crippen LogP contribution is -2.48. The lowest BCUT2D eigenvalue weighted by molar-refractivity contribution is 0.547. The summed E-state index contributed by atoms with van der Waals surface area (Å²) in [7, 11) is 0. The molecule has 1 rings (SSSR count). The van der Waals surface area contributed by atoms with E-state index in [0.29, 0.717) is 5.25 Å². The summed E-state index contributed by atoms with van der Waals surface area (Å²) >= 11 is 4.00. The Balaban J connectivity index is 2.57. The first-order valence-electron chi connectivity index (χ1n) is 4.27. The average Bonchev–Trinajstić information content (AvgIpc) is 2.05. The molecule has 0 unspecified atom stereocenters. The maximum Gasteiger partial charge on any atom is 0.0737 e. The zero-order valence-corrected chi connectivity index (χ0v) is 8.93. The Labute approximate surface area is 77.9 Å². The maximum atomic E-state index is 6.26. The van der Waals surface area contributed by atoms with E-state index in [1.165, 1.54) is 17.9 Å². The van der Waals surface area contributed by atoms with Gasteiger partial charge in [0.05, 0.1) is 4.87 Å². The van der Waals surface area contributed by atoms with Gasteiger partial charge < -0.3 is 5.73 Å². The van der Waals surface area contributed by atoms with Gasteiger partial charge in [0.15, 0.2) is 0 Å². The van der Waals surface area contributed by atoms with Crippen molar-refractivity contribution in [2.75, 3.05) is 11.5 Å². The van der Waals surface area contributed by atoms with Gasteiger partial charge in [-0.3, -0.25) is 0 Å². The van der Waals surface area contributed by atoms with Gasteiger partial charge in [0, 0.05) is 16.8 Å². The molecule has 0 saturated carbocycles. The molecule has 1 nitrogen and oxygen atoms in total. The molecule has 0 aliphatic carbocycles. The van der Waals surface area contributed by atoms with Gasteiger partial charge >= 0.3 is 0 Å². The second-order valence-corrected chi connectivity index (χ2v) is 5.69. The van der Waals surface area contributed by atoms with E-state index in [2.05, 4.69) is 13.8 Å². The molecule has 0 radical (unpaired) electrons. The van der Waals surface area contributed by atoms with E-state index in [9.17, 15) is 0 Å². The Kier molecular flexibility index (Phi) is 3.59. The molecule has 0 bridgehead atoms. The van der Waals surface area contributed by atoms with Crippen LogP contribution in [0.1, 0.15) is 26.7 Å². The quantitative estimate of drug-likeness (QED) is 0.725. The second kappa shape index (κ2) is 4.06. The summed E-state index contributed by atoms with van der Waals surface area (Å²) in [6.07, 6.45) is 2.31. The lowest BCUT2D eigenvalue weighted by Gasteiger charge is -2.39. The average molecular weight is 191 g/mol. The Morgan fingerprint density at radius 3 is 2.64 bits per heavy atom. The standard InChI is InChI=1S/C8H17NS2/c1-3-7-8(9,4-2)11-6-5-10-7/h7H,3-6,9H2,1-2H3/t7-,8-/m1/s1. The predicted molar refractivity (Wildman–Crippen MR) is 56.2 cm³/mol. The number of hydrogen-bond donors (Lipinski definition) is 1. The van der Waals surface area contributed by atoms with Crippen molar-refractivity contribution in [1.82, 2.24) is 0 Å². The molecule has 0 spiro atoms. The van der Waals surface area contributed by atoms with Gasteiger partial charge in [0.1, 0.15) is 0 Å². The molecule has 1 heterocycles. The summed E-state index contributed by atoms with van der Waals surface area (Å²) in [5.74, 6) is 2.51. The molecule has 2 N–H and O–H groups in total. The van der Waals surface area contributed by atoms with Crippen molar-refractivity contribution >= 4 is 23.5 Å². The van der Waals surface area contributed by atoms with Gasteiger partial charge in [-0.2, -0.15) is 11.8 Å². The van der Waals surface area contributed by atoms with Crippen LogP contribution >= 0.6 is 23.5 Å². The first-order valence-corrected chi connectivity index (χ1v) is 6.30. The van der Waals surface area contributed by atoms with Crippen LogP contribution in [-0.4, -0.2) is 21.6 Å². The highest BCUT2D eigenvalue weighted by molar-refractivity contribution is 8.07. The van der Waals surface area contributed by atoms with Gasteiger partial charge in [-0.05, 0) is 12.8 Å². The minimum Gasteiger partial charge on any atom is -0.316 e. The van der Waals surface area contributed by atoms with E-state index in [1.54, 1.807) is 0 Å². The monoisotopic (exact) mass is 191 g/mol. The second-order valence-electron chi connectivity index (χ2n) is 2.92. The molecule has 0 aromatic heterocycles. The molecule has 1 aliphatic rings. The maximum absolute atomic E-state index is 6.26. The number of rotatable bonds is 2. The highest BCUT2D eigenvalue weighted by atomic mass is 32.2. The van der Waals surface area contributed by atoms with Crippen LogP contribution in [0.5, 0.6) is 0 Å². The van der Waals surface area contributed by atoms with E-state index < -0.39 is 0 Å². The molecule has 1 aliphatic heterocycles. The number of nitrogens with two attached hydrogens (primary N) is 1. The normalized spacial score (nSPS) is 39.0. The van der Waals surface area contributed by atoms with Crippen LogP contribution in [0, 0.1) is 0 Å². The summed E-state index contributed by atoms with van der Waals surface area (Å²) < 4.78 is 0. The molecule has 11 heavy (non-hydrogen) atoms. The van der Waals surface area contributed by atoms with E-state index in [4.69, 9.17) is 5.73 Å². The van der Waals surface area contributed by atoms with E-state index in [0.717, 1.165) is 6.42 Å². The lowest BCUT2D eigenvalue weighted by atomic mass is 10.1. The van der Waals surface area contributed by atoms with E-state index >= 15 is 0 Å². The van der Waals surface area contributed by atoms with Gasteiger partial charge in [-0.15, -0.1) is 11.8 Å². The van der Waals surface area contributed by atoms with Crippen LogP contribution in [0.25, 0.3) is 0 Å². The van der Waals surface area contributed by atoms with Crippen LogP contribution in [0.15, 0.2) is 0 Å². The molecule has 66 valence electrons. The van der Waals surface area contributed by atoms with Crippen LogP contribution in [-0.2, 0) is 0 Å². The molecule has 1 saturated heterocycles. The Hall–Kier alpha value is 0.660. The van der Waals surface area contributed by atoms with Gasteiger partial charge in [0.25, 0.3) is 0 Å². The van der Waals surface area contributed by atoms with Gasteiger partial charge in [0.2, 0.25) is 0 Å². The molecular weight excluding hydrogens is 174 g/mol. The Morgan fingerprint density at radius 2 is 2.18 bits per heavy atom. The summed E-state index contributed by atoms with van der Waals surface area (Å²) in [5, 5.41) is 0.672. The van der Waals surface area contributed by atoms with Crippen LogP contribution in [0.3, 0.4) is 0 Å². The molecular formula is C8H17NS2. The van der Waals surface area contributed by atoms with Crippen molar-refractivity contribution in [3.05, 3.63) is 0 Å². The molecule has 0 aromatic carbocycles. The fourth-order valence-electron chi connectivity index (χ4n) is 1.45. The predicted octanol–water partition coefficient (Wildman–Crippen LogP) is 2.31. The van der Waals surface area contributed by atoms with Crippen LogP contribution in [0.4, 0.5) is 0 Å². The van der Waals surface area contributed by atoms with Crippen LogP contribution in [0.2, 0.25) is 0 Å². The SMILES string of the molecule is CC[C@H]1SCCS[C@]1(N)CC. The minimum absolute atomic E-state index is 0.0671. The zero-order valence-electron chi connectivity index (χ0n) is 7.30. The van der Waals surface area contributed by atoms with Crippen molar-refractivity contribution in [2.24, 2.45) is 5.73 Å². The third kappa shape index (κ3) is 2.07. The Bertz CT molecular complexity index is 129. The fourth-order valence-corrected chi connectivity index (χ4v) is 4.48. The third-order valence-electron chi connectivity index (χ3n) is 2.24. The third-order valence-corrected chi connectivity index (χ3v) is 5.76. The minimum atomic E-state index is 0.0671. The van der Waals surface area contributed by atoms with Crippen molar-refractivity contribution < 1.29 is 0 Å². The van der Waals surface area contributed by atoms with Crippen molar-refractivity contribution in [2.45, 2.75) is 36.8 Å². The van der Waals surface area contributed by atoms with Crippen molar-refractivity contribution in [1.29, 1.82) is 0 Å².